The SMILES string of the molecule is Fc1cccc(CCNCN2CCNCC2)c1. The molecule has 1 aromatic carbocycles. The molecule has 94 valence electrons. The van der Waals surface area contributed by atoms with E-state index in [9.17, 15) is 4.39 Å². The van der Waals surface area contributed by atoms with Gasteiger partial charge >= 0.3 is 0 Å². The number of hydrogen-bond donors (Lipinski definition) is 2. The van der Waals surface area contributed by atoms with Crippen LogP contribution in [0.4, 0.5) is 4.39 Å². The topological polar surface area (TPSA) is 27.3 Å². The number of benzene rings is 1. The van der Waals surface area contributed by atoms with Gasteiger partial charge in [-0.3, -0.25) is 4.90 Å². The standard InChI is InChI=1S/C13H20FN3/c14-13-3-1-2-12(10-13)4-5-16-11-17-8-6-15-7-9-17/h1-3,10,15-16H,4-9,11H2. The summed E-state index contributed by atoms with van der Waals surface area (Å²) >= 11 is 0. The first-order valence-electron chi connectivity index (χ1n) is 6.23. The summed E-state index contributed by atoms with van der Waals surface area (Å²) in [5.74, 6) is -0.149. The van der Waals surface area contributed by atoms with Gasteiger partial charge in [-0.15, -0.1) is 0 Å². The third kappa shape index (κ3) is 4.42. The van der Waals surface area contributed by atoms with E-state index in [1.54, 1.807) is 12.1 Å². The van der Waals surface area contributed by atoms with Crippen LogP contribution in [0, 0.1) is 5.82 Å². The second-order valence-corrected chi connectivity index (χ2v) is 4.41. The van der Waals surface area contributed by atoms with Crippen LogP contribution in [0.5, 0.6) is 0 Å². The van der Waals surface area contributed by atoms with Gasteiger partial charge in [0, 0.05) is 39.4 Å². The Labute approximate surface area is 102 Å². The van der Waals surface area contributed by atoms with Crippen molar-refractivity contribution in [1.82, 2.24) is 15.5 Å². The van der Waals surface area contributed by atoms with Crippen molar-refractivity contribution in [2.24, 2.45) is 0 Å². The van der Waals surface area contributed by atoms with Crippen LogP contribution in [0.3, 0.4) is 0 Å². The van der Waals surface area contributed by atoms with E-state index in [1.165, 1.54) is 6.07 Å². The van der Waals surface area contributed by atoms with Gasteiger partial charge in [0.15, 0.2) is 0 Å². The Morgan fingerprint density at radius 1 is 1.29 bits per heavy atom. The molecule has 0 atom stereocenters. The number of halogens is 1. The summed E-state index contributed by atoms with van der Waals surface area (Å²) in [5.41, 5.74) is 1.05. The Bertz CT molecular complexity index is 337. The third-order valence-electron chi connectivity index (χ3n) is 3.02. The average Bonchev–Trinajstić information content (AvgIpc) is 2.36. The Balaban J connectivity index is 1.62. The molecular weight excluding hydrogens is 217 g/mol. The van der Waals surface area contributed by atoms with Crippen LogP contribution < -0.4 is 10.6 Å². The van der Waals surface area contributed by atoms with Crippen molar-refractivity contribution >= 4 is 0 Å². The molecule has 1 aliphatic heterocycles. The molecule has 0 amide bonds. The first-order valence-corrected chi connectivity index (χ1v) is 6.23. The van der Waals surface area contributed by atoms with Crippen molar-refractivity contribution in [2.75, 3.05) is 39.4 Å². The van der Waals surface area contributed by atoms with Gasteiger partial charge < -0.3 is 10.6 Å². The van der Waals surface area contributed by atoms with Gasteiger partial charge in [0.25, 0.3) is 0 Å². The van der Waals surface area contributed by atoms with Crippen LogP contribution in [0.2, 0.25) is 0 Å². The lowest BCUT2D eigenvalue weighted by Gasteiger charge is -2.27. The molecule has 0 aromatic heterocycles. The van der Waals surface area contributed by atoms with E-state index in [4.69, 9.17) is 0 Å². The maximum atomic E-state index is 12.9. The molecule has 17 heavy (non-hydrogen) atoms. The van der Waals surface area contributed by atoms with Gasteiger partial charge in [0.2, 0.25) is 0 Å². The molecule has 1 aliphatic rings. The van der Waals surface area contributed by atoms with E-state index >= 15 is 0 Å². The van der Waals surface area contributed by atoms with Crippen molar-refractivity contribution in [1.29, 1.82) is 0 Å². The first-order chi connectivity index (χ1) is 8.34. The zero-order valence-electron chi connectivity index (χ0n) is 10.1. The predicted octanol–water partition coefficient (Wildman–Crippen LogP) is 0.820. The second-order valence-electron chi connectivity index (χ2n) is 4.41. The molecule has 2 N–H and O–H groups in total. The minimum Gasteiger partial charge on any atom is -0.314 e. The zero-order chi connectivity index (χ0) is 11.9. The zero-order valence-corrected chi connectivity index (χ0v) is 10.1. The second kappa shape index (κ2) is 6.69. The van der Waals surface area contributed by atoms with Gasteiger partial charge in [-0.25, -0.2) is 4.39 Å². The predicted molar refractivity (Wildman–Crippen MR) is 67.4 cm³/mol. The average molecular weight is 237 g/mol. The summed E-state index contributed by atoms with van der Waals surface area (Å²) in [6.07, 6.45) is 0.879. The van der Waals surface area contributed by atoms with Crippen LogP contribution in [0.25, 0.3) is 0 Å². The molecule has 0 spiro atoms. The highest BCUT2D eigenvalue weighted by molar-refractivity contribution is 5.16. The quantitative estimate of drug-likeness (QED) is 0.743. The van der Waals surface area contributed by atoms with Crippen molar-refractivity contribution in [3.05, 3.63) is 35.6 Å². The smallest absolute Gasteiger partial charge is 0.123 e. The molecule has 4 heteroatoms. The number of hydrogen-bond acceptors (Lipinski definition) is 3. The molecule has 1 heterocycles. The van der Waals surface area contributed by atoms with Crippen molar-refractivity contribution in [3.63, 3.8) is 0 Å². The lowest BCUT2D eigenvalue weighted by molar-refractivity contribution is 0.224. The summed E-state index contributed by atoms with van der Waals surface area (Å²) in [6, 6.07) is 6.82. The summed E-state index contributed by atoms with van der Waals surface area (Å²) in [6.45, 7) is 6.18. The van der Waals surface area contributed by atoms with Gasteiger partial charge in [-0.05, 0) is 24.1 Å². The van der Waals surface area contributed by atoms with Gasteiger partial charge in [-0.1, -0.05) is 12.1 Å². The Morgan fingerprint density at radius 3 is 2.88 bits per heavy atom. The highest BCUT2D eigenvalue weighted by atomic mass is 19.1. The van der Waals surface area contributed by atoms with E-state index in [0.717, 1.165) is 51.4 Å². The van der Waals surface area contributed by atoms with Crippen molar-refractivity contribution in [3.8, 4) is 0 Å². The molecule has 1 fully saturated rings. The molecule has 0 bridgehead atoms. The largest absolute Gasteiger partial charge is 0.314 e. The lowest BCUT2D eigenvalue weighted by atomic mass is 10.1. The Kier molecular flexibility index (Phi) is 4.91. The summed E-state index contributed by atoms with van der Waals surface area (Å²) in [4.78, 5) is 2.39. The maximum Gasteiger partial charge on any atom is 0.123 e. The van der Waals surface area contributed by atoms with Crippen LogP contribution >= 0.6 is 0 Å². The van der Waals surface area contributed by atoms with Crippen molar-refractivity contribution < 1.29 is 4.39 Å². The molecule has 2 rings (SSSR count). The Morgan fingerprint density at radius 2 is 2.12 bits per heavy atom. The molecule has 3 nitrogen and oxygen atoms in total. The number of rotatable bonds is 5. The van der Waals surface area contributed by atoms with Gasteiger partial charge in [0.05, 0.1) is 0 Å². The molecule has 0 radical (unpaired) electrons. The van der Waals surface area contributed by atoms with Crippen LogP contribution in [-0.4, -0.2) is 44.3 Å². The maximum absolute atomic E-state index is 12.9. The fraction of sp³-hybridized carbons (Fsp3) is 0.538. The number of nitrogens with one attached hydrogen (secondary N) is 2. The van der Waals surface area contributed by atoms with E-state index in [-0.39, 0.29) is 5.82 Å². The molecule has 1 aromatic rings. The minimum absolute atomic E-state index is 0.149. The number of nitrogens with zero attached hydrogens (tertiary/aromatic N) is 1. The molecule has 0 aliphatic carbocycles. The van der Waals surface area contributed by atoms with Crippen LogP contribution in [-0.2, 0) is 6.42 Å². The van der Waals surface area contributed by atoms with Crippen LogP contribution in [0.15, 0.2) is 24.3 Å². The van der Waals surface area contributed by atoms with E-state index in [1.807, 2.05) is 6.07 Å². The summed E-state index contributed by atoms with van der Waals surface area (Å²) in [7, 11) is 0. The summed E-state index contributed by atoms with van der Waals surface area (Å²) < 4.78 is 12.9. The van der Waals surface area contributed by atoms with Gasteiger partial charge in [0.1, 0.15) is 5.82 Å². The van der Waals surface area contributed by atoms with Crippen molar-refractivity contribution in [2.45, 2.75) is 6.42 Å². The van der Waals surface area contributed by atoms with E-state index in [2.05, 4.69) is 15.5 Å². The molecule has 0 saturated carbocycles. The lowest BCUT2D eigenvalue weighted by Crippen LogP contribution is -2.47. The highest BCUT2D eigenvalue weighted by Gasteiger charge is 2.07. The highest BCUT2D eigenvalue weighted by Crippen LogP contribution is 2.03. The molecule has 0 unspecified atom stereocenters. The third-order valence-corrected chi connectivity index (χ3v) is 3.02. The minimum atomic E-state index is -0.149. The monoisotopic (exact) mass is 237 g/mol. The van der Waals surface area contributed by atoms with Gasteiger partial charge in [-0.2, -0.15) is 0 Å². The number of piperazine rings is 1. The fourth-order valence-electron chi connectivity index (χ4n) is 2.03. The van der Waals surface area contributed by atoms with E-state index in [0.29, 0.717) is 0 Å². The summed E-state index contributed by atoms with van der Waals surface area (Å²) in [5, 5.41) is 6.72. The normalized spacial score (nSPS) is 17.2. The Hall–Kier alpha value is -0.970. The fourth-order valence-corrected chi connectivity index (χ4v) is 2.03. The molecular formula is C13H20FN3. The molecule has 1 saturated heterocycles. The first kappa shape index (κ1) is 12.5. The van der Waals surface area contributed by atoms with E-state index < -0.39 is 0 Å². The van der Waals surface area contributed by atoms with Crippen LogP contribution in [0.1, 0.15) is 5.56 Å².